The van der Waals surface area contributed by atoms with Gasteiger partial charge in [-0.25, -0.2) is 0 Å². The molecule has 3 rings (SSSR count). The summed E-state index contributed by atoms with van der Waals surface area (Å²) >= 11 is 5.30. The first-order valence-corrected chi connectivity index (χ1v) is 11.8. The number of carbonyl (C=O) groups excluding carboxylic acids is 2. The van der Waals surface area contributed by atoms with Gasteiger partial charge in [-0.1, -0.05) is 25.8 Å². The van der Waals surface area contributed by atoms with E-state index >= 15 is 0 Å². The molecule has 0 spiro atoms. The summed E-state index contributed by atoms with van der Waals surface area (Å²) in [7, 11) is 2.05. The number of likely N-dealkylation sites (N-methyl/N-ethyl adjacent to an activating group) is 1. The molecule has 2 N–H and O–H groups in total. The van der Waals surface area contributed by atoms with Crippen LogP contribution in [0.4, 0.5) is 5.69 Å². The predicted molar refractivity (Wildman–Crippen MR) is 135 cm³/mol. The molecule has 1 aliphatic rings. The standard InChI is InChI=1S/C25H32N4O3S/c1-3-4-5-17-32-22-11-9-19(10-12-22)23(30)27-25(33)26-21-8-6-7-20(18-21)24(31)29-15-13-28(2)14-16-29/h6-12,18H,3-5,13-17H2,1-2H3,(H2,26,27,30,33). The highest BCUT2D eigenvalue weighted by Gasteiger charge is 2.20. The first-order chi connectivity index (χ1) is 16.0. The summed E-state index contributed by atoms with van der Waals surface area (Å²) in [6.45, 7) is 5.98. The fourth-order valence-corrected chi connectivity index (χ4v) is 3.71. The van der Waals surface area contributed by atoms with E-state index in [0.717, 1.165) is 38.1 Å². The lowest BCUT2D eigenvalue weighted by Gasteiger charge is -2.32. The molecule has 7 nitrogen and oxygen atoms in total. The summed E-state index contributed by atoms with van der Waals surface area (Å²) in [5.74, 6) is 0.429. The second-order valence-electron chi connectivity index (χ2n) is 8.16. The van der Waals surface area contributed by atoms with Crippen LogP contribution in [0.5, 0.6) is 5.75 Å². The molecule has 1 saturated heterocycles. The van der Waals surface area contributed by atoms with Gasteiger partial charge < -0.3 is 19.9 Å². The molecule has 0 aliphatic carbocycles. The van der Waals surface area contributed by atoms with Crippen molar-refractivity contribution in [2.24, 2.45) is 0 Å². The average molecular weight is 469 g/mol. The summed E-state index contributed by atoms with van der Waals surface area (Å²) in [6.07, 6.45) is 3.30. The van der Waals surface area contributed by atoms with Gasteiger partial charge in [0.25, 0.3) is 11.8 Å². The smallest absolute Gasteiger partial charge is 0.257 e. The zero-order chi connectivity index (χ0) is 23.6. The maximum atomic E-state index is 12.8. The van der Waals surface area contributed by atoms with E-state index in [0.29, 0.717) is 36.5 Å². The molecule has 1 fully saturated rings. The fraction of sp³-hybridized carbons (Fsp3) is 0.400. The summed E-state index contributed by atoms with van der Waals surface area (Å²) in [6, 6.07) is 14.1. The molecule has 0 aromatic heterocycles. The van der Waals surface area contributed by atoms with Gasteiger partial charge in [0.2, 0.25) is 0 Å². The Morgan fingerprint density at radius 2 is 1.73 bits per heavy atom. The van der Waals surface area contributed by atoms with Crippen molar-refractivity contribution in [3.05, 3.63) is 59.7 Å². The maximum absolute atomic E-state index is 12.8. The highest BCUT2D eigenvalue weighted by Crippen LogP contribution is 2.15. The molecular weight excluding hydrogens is 436 g/mol. The van der Waals surface area contributed by atoms with Gasteiger partial charge in [-0.05, 0) is 68.2 Å². The second-order valence-corrected chi connectivity index (χ2v) is 8.57. The van der Waals surface area contributed by atoms with Crippen molar-refractivity contribution >= 4 is 34.8 Å². The highest BCUT2D eigenvalue weighted by molar-refractivity contribution is 7.80. The van der Waals surface area contributed by atoms with Crippen LogP contribution in [0.3, 0.4) is 0 Å². The molecule has 0 saturated carbocycles. The van der Waals surface area contributed by atoms with E-state index in [-0.39, 0.29) is 16.9 Å². The molecule has 0 atom stereocenters. The number of piperazine rings is 1. The van der Waals surface area contributed by atoms with Crippen LogP contribution in [0, 0.1) is 0 Å². The summed E-state index contributed by atoms with van der Waals surface area (Å²) in [5.41, 5.74) is 1.73. The van der Waals surface area contributed by atoms with Crippen molar-refractivity contribution in [3.63, 3.8) is 0 Å². The van der Waals surface area contributed by atoms with Crippen LogP contribution in [-0.2, 0) is 0 Å². The molecule has 2 aromatic carbocycles. The maximum Gasteiger partial charge on any atom is 0.257 e. The first-order valence-electron chi connectivity index (χ1n) is 11.4. The summed E-state index contributed by atoms with van der Waals surface area (Å²) < 4.78 is 5.68. The molecular formula is C25H32N4O3S. The number of thiocarbonyl (C=S) groups is 1. The topological polar surface area (TPSA) is 73.9 Å². The van der Waals surface area contributed by atoms with Gasteiger partial charge in [0, 0.05) is 43.0 Å². The third-order valence-corrected chi connectivity index (χ3v) is 5.72. The lowest BCUT2D eigenvalue weighted by Crippen LogP contribution is -2.47. The monoisotopic (exact) mass is 468 g/mol. The van der Waals surface area contributed by atoms with Gasteiger partial charge >= 0.3 is 0 Å². The molecule has 2 amide bonds. The van der Waals surface area contributed by atoms with Crippen molar-refractivity contribution in [1.82, 2.24) is 15.1 Å². The quantitative estimate of drug-likeness (QED) is 0.454. The number of ether oxygens (including phenoxy) is 1. The Labute approximate surface area is 201 Å². The molecule has 176 valence electrons. The lowest BCUT2D eigenvalue weighted by atomic mass is 10.1. The van der Waals surface area contributed by atoms with Gasteiger partial charge in [0.15, 0.2) is 5.11 Å². The van der Waals surface area contributed by atoms with Crippen molar-refractivity contribution in [1.29, 1.82) is 0 Å². The van der Waals surface area contributed by atoms with Crippen LogP contribution in [0.25, 0.3) is 0 Å². The predicted octanol–water partition coefficient (Wildman–Crippen LogP) is 3.77. The van der Waals surface area contributed by atoms with Crippen molar-refractivity contribution in [3.8, 4) is 5.75 Å². The number of benzene rings is 2. The Kier molecular flexibility index (Phi) is 9.21. The number of amides is 2. The van der Waals surface area contributed by atoms with Crippen LogP contribution in [0.2, 0.25) is 0 Å². The second kappa shape index (κ2) is 12.3. The molecule has 1 aliphatic heterocycles. The van der Waals surface area contributed by atoms with E-state index in [1.807, 2.05) is 11.0 Å². The van der Waals surface area contributed by atoms with Crippen LogP contribution in [0.1, 0.15) is 46.9 Å². The number of unbranched alkanes of at least 4 members (excludes halogenated alkanes) is 2. The van der Waals surface area contributed by atoms with E-state index in [2.05, 4.69) is 29.5 Å². The third kappa shape index (κ3) is 7.54. The lowest BCUT2D eigenvalue weighted by molar-refractivity contribution is 0.0664. The summed E-state index contributed by atoms with van der Waals surface area (Å²) in [4.78, 5) is 29.4. The van der Waals surface area contributed by atoms with Crippen LogP contribution >= 0.6 is 12.2 Å². The van der Waals surface area contributed by atoms with Crippen molar-refractivity contribution in [2.75, 3.05) is 45.2 Å². The molecule has 2 aromatic rings. The van der Waals surface area contributed by atoms with Crippen LogP contribution in [-0.4, -0.2) is 66.6 Å². The molecule has 0 unspecified atom stereocenters. The molecule has 1 heterocycles. The minimum Gasteiger partial charge on any atom is -0.494 e. The third-order valence-electron chi connectivity index (χ3n) is 5.52. The largest absolute Gasteiger partial charge is 0.494 e. The SMILES string of the molecule is CCCCCOc1ccc(C(=O)NC(=S)Nc2cccc(C(=O)N3CCN(C)CC3)c2)cc1. The fourth-order valence-electron chi connectivity index (χ4n) is 3.50. The van der Waals surface area contributed by atoms with Gasteiger partial charge in [0.05, 0.1) is 6.61 Å². The van der Waals surface area contributed by atoms with Crippen molar-refractivity contribution in [2.45, 2.75) is 26.2 Å². The molecule has 0 radical (unpaired) electrons. The zero-order valence-corrected chi connectivity index (χ0v) is 20.1. The molecule has 8 heteroatoms. The Balaban J connectivity index is 1.51. The minimum absolute atomic E-state index is 0.00120. The van der Waals surface area contributed by atoms with E-state index in [9.17, 15) is 9.59 Å². The Morgan fingerprint density at radius 1 is 1.00 bits per heavy atom. The van der Waals surface area contributed by atoms with E-state index in [1.54, 1.807) is 42.5 Å². The molecule has 33 heavy (non-hydrogen) atoms. The van der Waals surface area contributed by atoms with Gasteiger partial charge in [-0.2, -0.15) is 0 Å². The van der Waals surface area contributed by atoms with Crippen LogP contribution < -0.4 is 15.4 Å². The van der Waals surface area contributed by atoms with E-state index in [4.69, 9.17) is 17.0 Å². The zero-order valence-electron chi connectivity index (χ0n) is 19.3. The number of hydrogen-bond acceptors (Lipinski definition) is 5. The number of nitrogens with zero attached hydrogens (tertiary/aromatic N) is 2. The highest BCUT2D eigenvalue weighted by atomic mass is 32.1. The van der Waals surface area contributed by atoms with Gasteiger partial charge in [0.1, 0.15) is 5.75 Å². The van der Waals surface area contributed by atoms with Crippen molar-refractivity contribution < 1.29 is 14.3 Å². The number of anilines is 1. The molecule has 0 bridgehead atoms. The Hall–Kier alpha value is -2.97. The van der Waals surface area contributed by atoms with E-state index in [1.165, 1.54) is 0 Å². The van der Waals surface area contributed by atoms with Gasteiger partial charge in [-0.15, -0.1) is 0 Å². The summed E-state index contributed by atoms with van der Waals surface area (Å²) in [5, 5.41) is 5.85. The number of carbonyl (C=O) groups is 2. The Bertz CT molecular complexity index is 956. The first kappa shape index (κ1) is 24.7. The van der Waals surface area contributed by atoms with Crippen LogP contribution in [0.15, 0.2) is 48.5 Å². The van der Waals surface area contributed by atoms with E-state index < -0.39 is 0 Å². The number of nitrogens with one attached hydrogen (secondary N) is 2. The van der Waals surface area contributed by atoms with Gasteiger partial charge in [-0.3, -0.25) is 14.9 Å². The minimum atomic E-state index is -0.310. The number of rotatable bonds is 8. The average Bonchev–Trinajstić information content (AvgIpc) is 2.82. The Morgan fingerprint density at radius 3 is 2.42 bits per heavy atom. The number of hydrogen-bond donors (Lipinski definition) is 2. The normalized spacial score (nSPS) is 13.9.